The molecule has 0 aliphatic rings. The first-order valence-corrected chi connectivity index (χ1v) is 6.97. The summed E-state index contributed by atoms with van der Waals surface area (Å²) in [4.78, 5) is 22.8. The number of carbonyl (C=O) groups is 2. The molecule has 0 atom stereocenters. The van der Waals surface area contributed by atoms with Crippen LogP contribution in [0.3, 0.4) is 0 Å². The topological polar surface area (TPSA) is 67.4 Å². The first-order chi connectivity index (χ1) is 10.6. The van der Waals surface area contributed by atoms with E-state index in [1.165, 1.54) is 7.11 Å². The van der Waals surface area contributed by atoms with Crippen molar-refractivity contribution in [3.63, 3.8) is 0 Å². The minimum Gasteiger partial charge on any atom is -0.465 e. The smallest absolute Gasteiger partial charge is 0.337 e. The summed E-state index contributed by atoms with van der Waals surface area (Å²) in [6.07, 6.45) is 0.445. The van der Waals surface area contributed by atoms with Gasteiger partial charge in [-0.3, -0.25) is 4.79 Å². The van der Waals surface area contributed by atoms with Crippen molar-refractivity contribution in [2.45, 2.75) is 13.3 Å². The van der Waals surface area contributed by atoms with Gasteiger partial charge in [-0.1, -0.05) is 13.0 Å². The van der Waals surface area contributed by atoms with Crippen molar-refractivity contribution in [3.05, 3.63) is 54.1 Å². The van der Waals surface area contributed by atoms with Crippen LogP contribution in [0.2, 0.25) is 0 Å². The molecule has 0 spiro atoms. The molecule has 5 nitrogen and oxygen atoms in total. The Labute approximate surface area is 129 Å². The molecular weight excluding hydrogens is 280 g/mol. The van der Waals surface area contributed by atoms with Gasteiger partial charge in [-0.25, -0.2) is 4.79 Å². The molecule has 0 unspecified atom stereocenters. The largest absolute Gasteiger partial charge is 0.465 e. The van der Waals surface area contributed by atoms with Crippen molar-refractivity contribution in [2.75, 3.05) is 17.7 Å². The molecule has 5 heteroatoms. The fourth-order valence-electron chi connectivity index (χ4n) is 1.89. The van der Waals surface area contributed by atoms with Crippen LogP contribution in [0, 0.1) is 0 Å². The van der Waals surface area contributed by atoms with Crippen molar-refractivity contribution >= 4 is 28.9 Å². The van der Waals surface area contributed by atoms with Gasteiger partial charge in [-0.2, -0.15) is 0 Å². The molecule has 2 aromatic rings. The number of anilines is 3. The number of hydrogen-bond acceptors (Lipinski definition) is 4. The predicted molar refractivity (Wildman–Crippen MR) is 86.4 cm³/mol. The van der Waals surface area contributed by atoms with E-state index in [2.05, 4.69) is 10.6 Å². The minimum atomic E-state index is -0.374. The Morgan fingerprint density at radius 1 is 1.00 bits per heavy atom. The fraction of sp³-hybridized carbons (Fsp3) is 0.176. The lowest BCUT2D eigenvalue weighted by atomic mass is 10.2. The van der Waals surface area contributed by atoms with Crippen LogP contribution >= 0.6 is 0 Å². The van der Waals surface area contributed by atoms with Crippen LogP contribution in [0.4, 0.5) is 17.1 Å². The molecule has 0 heterocycles. The molecule has 0 saturated heterocycles. The van der Waals surface area contributed by atoms with E-state index < -0.39 is 0 Å². The maximum Gasteiger partial charge on any atom is 0.337 e. The lowest BCUT2D eigenvalue weighted by Crippen LogP contribution is -2.09. The Hall–Kier alpha value is -2.82. The molecule has 0 fully saturated rings. The van der Waals surface area contributed by atoms with E-state index in [0.29, 0.717) is 12.0 Å². The van der Waals surface area contributed by atoms with Gasteiger partial charge in [-0.05, 0) is 42.5 Å². The molecule has 0 saturated carbocycles. The number of rotatable bonds is 5. The van der Waals surface area contributed by atoms with E-state index in [4.69, 9.17) is 4.74 Å². The van der Waals surface area contributed by atoms with Gasteiger partial charge < -0.3 is 15.4 Å². The maximum atomic E-state index is 11.5. The third-order valence-electron chi connectivity index (χ3n) is 3.06. The highest BCUT2D eigenvalue weighted by molar-refractivity contribution is 5.91. The van der Waals surface area contributed by atoms with Crippen LogP contribution in [0.5, 0.6) is 0 Å². The van der Waals surface area contributed by atoms with Crippen molar-refractivity contribution < 1.29 is 14.3 Å². The molecule has 0 aliphatic carbocycles. The van der Waals surface area contributed by atoms with Gasteiger partial charge >= 0.3 is 5.97 Å². The third-order valence-corrected chi connectivity index (χ3v) is 3.06. The first kappa shape index (κ1) is 15.6. The van der Waals surface area contributed by atoms with Gasteiger partial charge in [0.15, 0.2) is 0 Å². The molecule has 0 radical (unpaired) electrons. The molecule has 2 rings (SSSR count). The standard InChI is InChI=1S/C17H18N2O3/c1-3-16(20)19-14-9-7-13(8-10-14)18-15-6-4-5-12(11-15)17(21)22-2/h4-11,18H,3H2,1-2H3,(H,19,20). The van der Waals surface area contributed by atoms with E-state index in [0.717, 1.165) is 17.1 Å². The molecule has 0 bridgehead atoms. The summed E-state index contributed by atoms with van der Waals surface area (Å²) in [5.74, 6) is -0.396. The second kappa shape index (κ2) is 7.26. The third kappa shape index (κ3) is 4.09. The zero-order valence-electron chi connectivity index (χ0n) is 12.6. The Balaban J connectivity index is 2.07. The Kier molecular flexibility index (Phi) is 5.14. The Morgan fingerprint density at radius 2 is 1.68 bits per heavy atom. The van der Waals surface area contributed by atoms with E-state index in [1.807, 2.05) is 30.3 Å². The van der Waals surface area contributed by atoms with Crippen molar-refractivity contribution in [3.8, 4) is 0 Å². The zero-order valence-corrected chi connectivity index (χ0v) is 12.6. The van der Waals surface area contributed by atoms with Gasteiger partial charge in [0, 0.05) is 23.5 Å². The summed E-state index contributed by atoms with van der Waals surface area (Å²) in [5, 5.41) is 5.98. The predicted octanol–water partition coefficient (Wildman–Crippen LogP) is 3.57. The second-order valence-corrected chi connectivity index (χ2v) is 4.68. The quantitative estimate of drug-likeness (QED) is 0.828. The molecule has 2 N–H and O–H groups in total. The van der Waals surface area contributed by atoms with Gasteiger partial charge in [0.25, 0.3) is 0 Å². The minimum absolute atomic E-state index is 0.0218. The fourth-order valence-corrected chi connectivity index (χ4v) is 1.89. The van der Waals surface area contributed by atoms with Crippen molar-refractivity contribution in [1.82, 2.24) is 0 Å². The van der Waals surface area contributed by atoms with Crippen LogP contribution in [0.1, 0.15) is 23.7 Å². The molecule has 1 amide bonds. The van der Waals surface area contributed by atoms with Crippen molar-refractivity contribution in [1.29, 1.82) is 0 Å². The summed E-state index contributed by atoms with van der Waals surface area (Å²) in [5.41, 5.74) is 2.88. The lowest BCUT2D eigenvalue weighted by Gasteiger charge is -2.09. The van der Waals surface area contributed by atoms with Crippen LogP contribution < -0.4 is 10.6 Å². The van der Waals surface area contributed by atoms with Crippen LogP contribution in [0.25, 0.3) is 0 Å². The number of benzene rings is 2. The maximum absolute atomic E-state index is 11.5. The summed E-state index contributed by atoms with van der Waals surface area (Å²) >= 11 is 0. The number of ether oxygens (including phenoxy) is 1. The van der Waals surface area contributed by atoms with Crippen LogP contribution in [-0.4, -0.2) is 19.0 Å². The average molecular weight is 298 g/mol. The number of hydrogen-bond donors (Lipinski definition) is 2. The normalized spacial score (nSPS) is 9.91. The summed E-state index contributed by atoms with van der Waals surface area (Å²) in [6, 6.07) is 14.4. The summed E-state index contributed by atoms with van der Waals surface area (Å²) in [7, 11) is 1.35. The average Bonchev–Trinajstić information content (AvgIpc) is 2.56. The van der Waals surface area contributed by atoms with E-state index in [9.17, 15) is 9.59 Å². The zero-order chi connectivity index (χ0) is 15.9. The molecule has 114 valence electrons. The molecule has 2 aromatic carbocycles. The SMILES string of the molecule is CCC(=O)Nc1ccc(Nc2cccc(C(=O)OC)c2)cc1. The van der Waals surface area contributed by atoms with E-state index in [-0.39, 0.29) is 11.9 Å². The first-order valence-electron chi connectivity index (χ1n) is 6.97. The monoisotopic (exact) mass is 298 g/mol. The molecular formula is C17H18N2O3. The van der Waals surface area contributed by atoms with Gasteiger partial charge in [-0.15, -0.1) is 0 Å². The van der Waals surface area contributed by atoms with Crippen molar-refractivity contribution in [2.24, 2.45) is 0 Å². The highest BCUT2D eigenvalue weighted by Crippen LogP contribution is 2.20. The molecule has 0 aliphatic heterocycles. The number of esters is 1. The number of nitrogens with one attached hydrogen (secondary N) is 2. The second-order valence-electron chi connectivity index (χ2n) is 4.68. The lowest BCUT2D eigenvalue weighted by molar-refractivity contribution is -0.115. The number of amides is 1. The summed E-state index contributed by atoms with van der Waals surface area (Å²) in [6.45, 7) is 1.81. The highest BCUT2D eigenvalue weighted by Gasteiger charge is 2.05. The van der Waals surface area contributed by atoms with E-state index in [1.54, 1.807) is 25.1 Å². The highest BCUT2D eigenvalue weighted by atomic mass is 16.5. The number of carbonyl (C=O) groups excluding carboxylic acids is 2. The van der Waals surface area contributed by atoms with Crippen LogP contribution in [0.15, 0.2) is 48.5 Å². The number of methoxy groups -OCH3 is 1. The Bertz CT molecular complexity index is 666. The van der Waals surface area contributed by atoms with Gasteiger partial charge in [0.05, 0.1) is 12.7 Å². The Morgan fingerprint density at radius 3 is 2.32 bits per heavy atom. The van der Waals surface area contributed by atoms with Gasteiger partial charge in [0.1, 0.15) is 0 Å². The molecule has 22 heavy (non-hydrogen) atoms. The van der Waals surface area contributed by atoms with Gasteiger partial charge in [0.2, 0.25) is 5.91 Å². The van der Waals surface area contributed by atoms with Crippen LogP contribution in [-0.2, 0) is 9.53 Å². The summed E-state index contributed by atoms with van der Waals surface area (Å²) < 4.78 is 4.70. The molecule has 0 aromatic heterocycles. The van der Waals surface area contributed by atoms with E-state index >= 15 is 0 Å².